The highest BCUT2D eigenvalue weighted by Gasteiger charge is 2.11. The van der Waals surface area contributed by atoms with Crippen LogP contribution >= 0.6 is 0 Å². The lowest BCUT2D eigenvalue weighted by Gasteiger charge is -1.96. The largest absolute Gasteiger partial charge is 0.255 e. The molecule has 0 amide bonds. The van der Waals surface area contributed by atoms with E-state index < -0.39 is 15.8 Å². The molecule has 0 aliphatic rings. The molecule has 0 bridgehead atoms. The van der Waals surface area contributed by atoms with Crippen molar-refractivity contribution >= 4 is 9.84 Å². The van der Waals surface area contributed by atoms with E-state index in [0.29, 0.717) is 7.18 Å². The molecule has 2 nitrogen and oxygen atoms in total. The second-order valence-corrected chi connectivity index (χ2v) is 3.96. The lowest BCUT2D eigenvalue weighted by Crippen LogP contribution is -2.01. The highest BCUT2D eigenvalue weighted by molar-refractivity contribution is 7.91. The van der Waals surface area contributed by atoms with E-state index >= 15 is 0 Å². The van der Waals surface area contributed by atoms with E-state index in [1.54, 1.807) is 18.2 Å². The standard InChI is InChI=1S/C7H7FO2S.CH3F/c8-6-11(9,10)7-4-2-1-3-5-7;1-2/h1-5H,6H2;1H3. The molecule has 0 radical (unpaired) electrons. The molecule has 0 saturated heterocycles. The van der Waals surface area contributed by atoms with Crippen LogP contribution in [0.15, 0.2) is 35.2 Å². The van der Waals surface area contributed by atoms with Gasteiger partial charge in [0.05, 0.1) is 12.1 Å². The van der Waals surface area contributed by atoms with Gasteiger partial charge in [-0.1, -0.05) is 18.2 Å². The van der Waals surface area contributed by atoms with E-state index in [2.05, 4.69) is 0 Å². The van der Waals surface area contributed by atoms with E-state index in [9.17, 15) is 17.2 Å². The predicted octanol–water partition coefficient (Wildman–Crippen LogP) is 1.97. The molecular formula is C8H10F2O2S. The second kappa shape index (κ2) is 5.64. The van der Waals surface area contributed by atoms with Gasteiger partial charge in [-0.2, -0.15) is 0 Å². The van der Waals surface area contributed by atoms with Gasteiger partial charge in [0.15, 0.2) is 6.01 Å². The van der Waals surface area contributed by atoms with Crippen LogP contribution in [0.25, 0.3) is 0 Å². The summed E-state index contributed by atoms with van der Waals surface area (Å²) in [5.74, 6) is 0. The lowest BCUT2D eigenvalue weighted by molar-refractivity contribution is 0.534. The maximum absolute atomic E-state index is 11.9. The van der Waals surface area contributed by atoms with Crippen molar-refractivity contribution in [1.82, 2.24) is 0 Å². The summed E-state index contributed by atoms with van der Waals surface area (Å²) in [7, 11) is -3.16. The Morgan fingerprint density at radius 3 is 2.00 bits per heavy atom. The predicted molar refractivity (Wildman–Crippen MR) is 46.6 cm³/mol. The Bertz CT molecular complexity index is 321. The van der Waals surface area contributed by atoms with Crippen molar-refractivity contribution in [3.8, 4) is 0 Å². The van der Waals surface area contributed by atoms with Crippen LogP contribution in [0, 0.1) is 0 Å². The van der Waals surface area contributed by atoms with Crippen molar-refractivity contribution in [1.29, 1.82) is 0 Å². The van der Waals surface area contributed by atoms with Crippen LogP contribution in [-0.2, 0) is 9.84 Å². The molecule has 74 valence electrons. The first kappa shape index (κ1) is 12.0. The van der Waals surface area contributed by atoms with Gasteiger partial charge in [-0.25, -0.2) is 12.8 Å². The number of sulfone groups is 1. The van der Waals surface area contributed by atoms with Crippen LogP contribution < -0.4 is 0 Å². The van der Waals surface area contributed by atoms with Crippen molar-refractivity contribution in [2.45, 2.75) is 4.90 Å². The van der Waals surface area contributed by atoms with Gasteiger partial charge in [0.2, 0.25) is 9.84 Å². The molecule has 0 atom stereocenters. The Morgan fingerprint density at radius 2 is 1.62 bits per heavy atom. The Balaban J connectivity index is 0.000000671. The van der Waals surface area contributed by atoms with Gasteiger partial charge in [-0.15, -0.1) is 0 Å². The third-order valence-electron chi connectivity index (χ3n) is 1.25. The van der Waals surface area contributed by atoms with Crippen LogP contribution in [-0.4, -0.2) is 21.6 Å². The van der Waals surface area contributed by atoms with E-state index in [0.717, 1.165) is 0 Å². The zero-order valence-electron chi connectivity index (χ0n) is 7.07. The minimum absolute atomic E-state index is 0.0301. The van der Waals surface area contributed by atoms with Gasteiger partial charge in [0.25, 0.3) is 0 Å². The Hall–Kier alpha value is -0.970. The molecule has 0 N–H and O–H groups in total. The summed E-state index contributed by atoms with van der Waals surface area (Å²) in [6, 6.07) is 6.20. The Kier molecular flexibility index (Phi) is 5.22. The van der Waals surface area contributed by atoms with E-state index in [-0.39, 0.29) is 4.90 Å². The summed E-state index contributed by atoms with van der Waals surface area (Å²) < 4.78 is 43.0. The molecule has 0 aliphatic heterocycles. The molecule has 0 fully saturated rings. The number of rotatable bonds is 2. The number of benzene rings is 1. The van der Waals surface area contributed by atoms with Crippen molar-refractivity contribution in [3.05, 3.63) is 30.3 Å². The number of hydrogen-bond donors (Lipinski definition) is 0. The maximum atomic E-state index is 11.9. The topological polar surface area (TPSA) is 34.1 Å². The molecule has 0 unspecified atom stereocenters. The van der Waals surface area contributed by atoms with Crippen LogP contribution in [0.3, 0.4) is 0 Å². The van der Waals surface area contributed by atoms with Gasteiger partial charge in [-0.05, 0) is 12.1 Å². The van der Waals surface area contributed by atoms with Gasteiger partial charge in [0, 0.05) is 0 Å². The van der Waals surface area contributed by atoms with Gasteiger partial charge >= 0.3 is 0 Å². The first-order chi connectivity index (χ1) is 6.17. The smallest absolute Gasteiger partial charge is 0.207 e. The summed E-state index contributed by atoms with van der Waals surface area (Å²) in [4.78, 5) is 0.0301. The summed E-state index contributed by atoms with van der Waals surface area (Å²) >= 11 is 0. The van der Waals surface area contributed by atoms with Crippen LogP contribution in [0.5, 0.6) is 0 Å². The molecule has 1 rings (SSSR count). The maximum Gasteiger partial charge on any atom is 0.207 e. The molecular weight excluding hydrogens is 198 g/mol. The zero-order valence-corrected chi connectivity index (χ0v) is 7.89. The summed E-state index contributed by atoms with van der Waals surface area (Å²) in [6.07, 6.45) is 0. The fourth-order valence-corrected chi connectivity index (χ4v) is 1.39. The molecule has 13 heavy (non-hydrogen) atoms. The molecule has 0 aliphatic carbocycles. The van der Waals surface area contributed by atoms with Crippen molar-refractivity contribution in [2.75, 3.05) is 13.2 Å². The summed E-state index contributed by atoms with van der Waals surface area (Å²) in [5.41, 5.74) is 0. The molecule has 5 heteroatoms. The van der Waals surface area contributed by atoms with Crippen LogP contribution in [0.2, 0.25) is 0 Å². The van der Waals surface area contributed by atoms with Crippen molar-refractivity contribution in [3.63, 3.8) is 0 Å². The van der Waals surface area contributed by atoms with Gasteiger partial charge < -0.3 is 0 Å². The van der Waals surface area contributed by atoms with E-state index in [4.69, 9.17) is 0 Å². The molecule has 0 saturated carbocycles. The fourth-order valence-electron chi connectivity index (χ4n) is 0.691. The SMILES string of the molecule is CF.O=S(=O)(CF)c1ccccc1. The number of halogens is 2. The quantitative estimate of drug-likeness (QED) is 0.744. The number of hydrogen-bond acceptors (Lipinski definition) is 2. The fraction of sp³-hybridized carbons (Fsp3) is 0.250. The minimum Gasteiger partial charge on any atom is -0.255 e. The number of alkyl halides is 2. The van der Waals surface area contributed by atoms with Gasteiger partial charge in [0.1, 0.15) is 0 Å². The van der Waals surface area contributed by atoms with Crippen LogP contribution in [0.1, 0.15) is 0 Å². The highest BCUT2D eigenvalue weighted by Crippen LogP contribution is 2.09. The van der Waals surface area contributed by atoms with E-state index in [1.165, 1.54) is 12.1 Å². The summed E-state index contributed by atoms with van der Waals surface area (Å²) in [5, 5.41) is 0. The van der Waals surface area contributed by atoms with Crippen LogP contribution in [0.4, 0.5) is 8.78 Å². The second-order valence-electron chi connectivity index (χ2n) is 2.04. The average Bonchev–Trinajstić information content (AvgIpc) is 2.22. The van der Waals surface area contributed by atoms with Crippen molar-refractivity contribution in [2.24, 2.45) is 0 Å². The lowest BCUT2D eigenvalue weighted by atomic mass is 10.4. The average molecular weight is 208 g/mol. The summed E-state index contributed by atoms with van der Waals surface area (Å²) in [6.45, 7) is 0. The molecule has 0 spiro atoms. The molecule has 0 aromatic heterocycles. The molecule has 1 aromatic carbocycles. The van der Waals surface area contributed by atoms with E-state index in [1.807, 2.05) is 0 Å². The highest BCUT2D eigenvalue weighted by atomic mass is 32.2. The molecule has 1 aromatic rings. The first-order valence-corrected chi connectivity index (χ1v) is 5.03. The third-order valence-corrected chi connectivity index (χ3v) is 2.52. The molecule has 0 heterocycles. The zero-order chi connectivity index (χ0) is 10.3. The third kappa shape index (κ3) is 3.50. The normalized spacial score (nSPS) is 10.1. The van der Waals surface area contributed by atoms with Crippen molar-refractivity contribution < 1.29 is 17.2 Å². The monoisotopic (exact) mass is 208 g/mol. The van der Waals surface area contributed by atoms with Gasteiger partial charge in [-0.3, -0.25) is 4.39 Å². The Morgan fingerprint density at radius 1 is 1.15 bits per heavy atom. The first-order valence-electron chi connectivity index (χ1n) is 3.38. The Labute approximate surface area is 76.1 Å². The minimum atomic E-state index is -3.66.